The number of nitrogens with zero attached hydrogens (tertiary/aromatic N) is 2. The molecule has 78 valence electrons. The van der Waals surface area contributed by atoms with E-state index in [4.69, 9.17) is 0 Å². The molecule has 0 aliphatic heterocycles. The van der Waals surface area contributed by atoms with Gasteiger partial charge in [0.1, 0.15) is 0 Å². The van der Waals surface area contributed by atoms with E-state index in [2.05, 4.69) is 24.1 Å². The van der Waals surface area contributed by atoms with Crippen molar-refractivity contribution in [1.29, 1.82) is 0 Å². The van der Waals surface area contributed by atoms with Gasteiger partial charge >= 0.3 is 5.69 Å². The molecule has 1 heterocycles. The van der Waals surface area contributed by atoms with Crippen molar-refractivity contribution in [2.45, 2.75) is 32.9 Å². The van der Waals surface area contributed by atoms with Crippen LogP contribution in [0.25, 0.3) is 0 Å². The molecule has 1 unspecified atom stereocenters. The molecule has 0 aliphatic rings. The third-order valence-electron chi connectivity index (χ3n) is 2.19. The summed E-state index contributed by atoms with van der Waals surface area (Å²) in [4.78, 5) is 15.0. The molecule has 0 saturated heterocycles. The van der Waals surface area contributed by atoms with Crippen molar-refractivity contribution < 1.29 is 0 Å². The molecule has 0 fully saturated rings. The largest absolute Gasteiger partial charge is 0.347 e. The summed E-state index contributed by atoms with van der Waals surface area (Å²) in [6.45, 7) is 5.79. The lowest BCUT2D eigenvalue weighted by atomic mass is 10.2. The van der Waals surface area contributed by atoms with Gasteiger partial charge in [0.15, 0.2) is 0 Å². The van der Waals surface area contributed by atoms with E-state index in [0.717, 1.165) is 13.0 Å². The van der Waals surface area contributed by atoms with E-state index in [1.165, 1.54) is 6.20 Å². The Bertz CT molecular complexity index is 321. The lowest BCUT2D eigenvalue weighted by Crippen LogP contribution is -2.36. The zero-order chi connectivity index (χ0) is 10.4. The summed E-state index contributed by atoms with van der Waals surface area (Å²) < 4.78 is 1.64. The Kier molecular flexibility index (Phi) is 4.32. The highest BCUT2D eigenvalue weighted by Gasteiger charge is 2.05. The Hall–Kier alpha value is -1.16. The maximum absolute atomic E-state index is 11.3. The Labute approximate surface area is 84.0 Å². The first kappa shape index (κ1) is 10.9. The first-order valence-electron chi connectivity index (χ1n) is 5.02. The predicted octanol–water partition coefficient (Wildman–Crippen LogP) is 0.631. The fraction of sp³-hybridized carbons (Fsp3) is 0.600. The topological polar surface area (TPSA) is 46.9 Å². The minimum atomic E-state index is -0.177. The number of aromatic nitrogens is 2. The van der Waals surface area contributed by atoms with Crippen molar-refractivity contribution in [2.75, 3.05) is 6.54 Å². The first-order valence-corrected chi connectivity index (χ1v) is 5.02. The van der Waals surface area contributed by atoms with Gasteiger partial charge in [-0.1, -0.05) is 13.8 Å². The second-order valence-electron chi connectivity index (χ2n) is 3.22. The molecule has 0 amide bonds. The number of nitrogens with one attached hydrogen (secondary N) is 1. The summed E-state index contributed by atoms with van der Waals surface area (Å²) >= 11 is 0. The zero-order valence-corrected chi connectivity index (χ0v) is 8.73. The third-order valence-corrected chi connectivity index (χ3v) is 2.19. The zero-order valence-electron chi connectivity index (χ0n) is 8.73. The maximum atomic E-state index is 11.3. The fourth-order valence-corrected chi connectivity index (χ4v) is 1.39. The lowest BCUT2D eigenvalue weighted by molar-refractivity contribution is 0.436. The van der Waals surface area contributed by atoms with Gasteiger partial charge in [0, 0.05) is 25.0 Å². The quantitative estimate of drug-likeness (QED) is 0.749. The molecule has 0 saturated carbocycles. The highest BCUT2D eigenvalue weighted by atomic mass is 16.1. The Morgan fingerprint density at radius 3 is 2.93 bits per heavy atom. The van der Waals surface area contributed by atoms with E-state index in [-0.39, 0.29) is 5.69 Å². The molecule has 0 radical (unpaired) electrons. The first-order chi connectivity index (χ1) is 6.77. The van der Waals surface area contributed by atoms with Crippen LogP contribution in [0.4, 0.5) is 0 Å². The molecule has 0 aromatic carbocycles. The van der Waals surface area contributed by atoms with Gasteiger partial charge in [-0.3, -0.25) is 4.57 Å². The van der Waals surface area contributed by atoms with Gasteiger partial charge in [-0.25, -0.2) is 9.78 Å². The Balaban J connectivity index is 2.67. The van der Waals surface area contributed by atoms with Crippen LogP contribution in [0.3, 0.4) is 0 Å². The lowest BCUT2D eigenvalue weighted by Gasteiger charge is -2.16. The molecule has 1 rings (SSSR count). The highest BCUT2D eigenvalue weighted by molar-refractivity contribution is 4.82. The smallest absolute Gasteiger partial charge is 0.312 e. The summed E-state index contributed by atoms with van der Waals surface area (Å²) in [6.07, 6.45) is 4.30. The average molecular weight is 195 g/mol. The molecule has 4 heteroatoms. The molecule has 14 heavy (non-hydrogen) atoms. The molecule has 0 spiro atoms. The maximum Gasteiger partial charge on any atom is 0.347 e. The van der Waals surface area contributed by atoms with Crippen molar-refractivity contribution in [3.8, 4) is 0 Å². The summed E-state index contributed by atoms with van der Waals surface area (Å²) in [5, 5.41) is 3.32. The van der Waals surface area contributed by atoms with Crippen LogP contribution < -0.4 is 11.0 Å². The standard InChI is InChI=1S/C10H17N3O/c1-3-9(11-4-2)8-13-7-5-6-12-10(13)14/h5-7,9,11H,3-4,8H2,1-2H3. The number of hydrogen-bond acceptors (Lipinski definition) is 3. The molecule has 1 aromatic rings. The van der Waals surface area contributed by atoms with Gasteiger partial charge in [0.05, 0.1) is 0 Å². The molecular weight excluding hydrogens is 178 g/mol. The van der Waals surface area contributed by atoms with E-state index < -0.39 is 0 Å². The van der Waals surface area contributed by atoms with Crippen LogP contribution >= 0.6 is 0 Å². The third kappa shape index (κ3) is 2.96. The molecule has 4 nitrogen and oxygen atoms in total. The number of rotatable bonds is 5. The molecule has 1 aromatic heterocycles. The second-order valence-corrected chi connectivity index (χ2v) is 3.22. The summed E-state index contributed by atoms with van der Waals surface area (Å²) in [5.41, 5.74) is -0.177. The van der Waals surface area contributed by atoms with Crippen molar-refractivity contribution in [3.63, 3.8) is 0 Å². The van der Waals surface area contributed by atoms with E-state index >= 15 is 0 Å². The van der Waals surface area contributed by atoms with E-state index in [1.807, 2.05) is 0 Å². The van der Waals surface area contributed by atoms with Crippen molar-refractivity contribution in [3.05, 3.63) is 28.9 Å². The monoisotopic (exact) mass is 195 g/mol. The van der Waals surface area contributed by atoms with Crippen LogP contribution in [0.5, 0.6) is 0 Å². The van der Waals surface area contributed by atoms with Crippen molar-refractivity contribution >= 4 is 0 Å². The normalized spacial score (nSPS) is 12.7. The Morgan fingerprint density at radius 2 is 2.36 bits per heavy atom. The second kappa shape index (κ2) is 5.54. The van der Waals surface area contributed by atoms with E-state index in [1.54, 1.807) is 16.8 Å². The minimum absolute atomic E-state index is 0.177. The van der Waals surface area contributed by atoms with Crippen LogP contribution in [0, 0.1) is 0 Å². The molecule has 1 atom stereocenters. The van der Waals surface area contributed by atoms with Gasteiger partial charge in [-0.15, -0.1) is 0 Å². The Morgan fingerprint density at radius 1 is 1.57 bits per heavy atom. The molecule has 1 N–H and O–H groups in total. The average Bonchev–Trinajstić information content (AvgIpc) is 2.20. The molecule has 0 bridgehead atoms. The van der Waals surface area contributed by atoms with E-state index in [0.29, 0.717) is 12.6 Å². The molecular formula is C10H17N3O. The van der Waals surface area contributed by atoms with Crippen LogP contribution in [-0.4, -0.2) is 22.1 Å². The summed E-state index contributed by atoms with van der Waals surface area (Å²) in [7, 11) is 0. The van der Waals surface area contributed by atoms with Gasteiger partial charge in [-0.05, 0) is 19.0 Å². The predicted molar refractivity (Wildman–Crippen MR) is 56.3 cm³/mol. The fourth-order valence-electron chi connectivity index (χ4n) is 1.39. The van der Waals surface area contributed by atoms with Gasteiger partial charge in [0.2, 0.25) is 0 Å². The summed E-state index contributed by atoms with van der Waals surface area (Å²) in [5.74, 6) is 0. The van der Waals surface area contributed by atoms with Gasteiger partial charge < -0.3 is 5.32 Å². The summed E-state index contributed by atoms with van der Waals surface area (Å²) in [6, 6.07) is 2.13. The SMILES string of the molecule is CCNC(CC)Cn1cccnc1=O. The number of likely N-dealkylation sites (N-methyl/N-ethyl adjacent to an activating group) is 1. The van der Waals surface area contributed by atoms with Crippen LogP contribution in [0.1, 0.15) is 20.3 Å². The highest BCUT2D eigenvalue weighted by Crippen LogP contribution is 1.93. The van der Waals surface area contributed by atoms with Crippen LogP contribution in [-0.2, 0) is 6.54 Å². The van der Waals surface area contributed by atoms with Crippen molar-refractivity contribution in [1.82, 2.24) is 14.9 Å². The minimum Gasteiger partial charge on any atom is -0.312 e. The van der Waals surface area contributed by atoms with Crippen molar-refractivity contribution in [2.24, 2.45) is 0 Å². The van der Waals surface area contributed by atoms with Gasteiger partial charge in [-0.2, -0.15) is 0 Å². The van der Waals surface area contributed by atoms with E-state index in [9.17, 15) is 4.79 Å². The van der Waals surface area contributed by atoms with Crippen LogP contribution in [0.2, 0.25) is 0 Å². The van der Waals surface area contributed by atoms with Crippen LogP contribution in [0.15, 0.2) is 23.3 Å². The number of hydrogen-bond donors (Lipinski definition) is 1. The molecule has 0 aliphatic carbocycles. The van der Waals surface area contributed by atoms with Gasteiger partial charge in [0.25, 0.3) is 0 Å².